The number of aryl methyl sites for hydroxylation is 1. The predicted molar refractivity (Wildman–Crippen MR) is 104 cm³/mol. The lowest BCUT2D eigenvalue weighted by atomic mass is 10.2. The molecule has 0 radical (unpaired) electrons. The van der Waals surface area contributed by atoms with Gasteiger partial charge in [-0.3, -0.25) is 4.68 Å². The Hall–Kier alpha value is -2.48. The number of para-hydroxylation sites is 1. The molecule has 5 nitrogen and oxygen atoms in total. The molecule has 2 heterocycles. The second-order valence-electron chi connectivity index (χ2n) is 5.39. The first-order valence-corrected chi connectivity index (χ1v) is 8.56. The fourth-order valence-electron chi connectivity index (χ4n) is 2.55. The van der Waals surface area contributed by atoms with E-state index >= 15 is 0 Å². The van der Waals surface area contributed by atoms with Crippen molar-refractivity contribution in [3.63, 3.8) is 0 Å². The summed E-state index contributed by atoms with van der Waals surface area (Å²) in [4.78, 5) is 9.48. The van der Waals surface area contributed by atoms with E-state index in [2.05, 4.69) is 45.1 Å². The Labute approximate surface area is 152 Å². The third-order valence-corrected chi connectivity index (χ3v) is 4.42. The Morgan fingerprint density at radius 1 is 1.00 bits per heavy atom. The van der Waals surface area contributed by atoms with Crippen LogP contribution in [-0.2, 0) is 7.05 Å². The van der Waals surface area contributed by atoms with Crippen LogP contribution in [0, 0.1) is 3.57 Å². The molecule has 0 aliphatic rings. The molecule has 0 saturated heterocycles. The number of rotatable bonds is 3. The maximum Gasteiger partial charge on any atom is 0.162 e. The van der Waals surface area contributed by atoms with Crippen LogP contribution in [0.5, 0.6) is 0 Å². The maximum absolute atomic E-state index is 4.76. The van der Waals surface area contributed by atoms with Gasteiger partial charge in [0, 0.05) is 27.6 Å². The van der Waals surface area contributed by atoms with E-state index in [1.165, 1.54) is 0 Å². The number of benzene rings is 2. The van der Waals surface area contributed by atoms with Gasteiger partial charge in [0.15, 0.2) is 5.82 Å². The van der Waals surface area contributed by atoms with Gasteiger partial charge in [0.05, 0.1) is 11.7 Å². The van der Waals surface area contributed by atoms with Crippen molar-refractivity contribution in [2.45, 2.75) is 0 Å². The summed E-state index contributed by atoms with van der Waals surface area (Å²) < 4.78 is 2.94. The van der Waals surface area contributed by atoms with Gasteiger partial charge < -0.3 is 5.32 Å². The van der Waals surface area contributed by atoms with Gasteiger partial charge in [0.1, 0.15) is 11.6 Å². The molecule has 0 aliphatic heterocycles. The van der Waals surface area contributed by atoms with Crippen LogP contribution in [0.4, 0.5) is 11.6 Å². The Morgan fingerprint density at radius 3 is 2.67 bits per heavy atom. The highest BCUT2D eigenvalue weighted by Gasteiger charge is 2.11. The molecule has 0 saturated carbocycles. The van der Waals surface area contributed by atoms with Crippen LogP contribution in [0.25, 0.3) is 22.3 Å². The zero-order chi connectivity index (χ0) is 16.5. The standard InChI is InChI=1S/C18H14IN5/c1-24-16(9-10-20-24)22-18-14-7-2-3-8-15(14)21-17(23-18)12-5-4-6-13(19)11-12/h2-11H,1H3,(H,21,22,23). The molecule has 0 fully saturated rings. The molecular formula is C18H14IN5. The van der Waals surface area contributed by atoms with Gasteiger partial charge in [-0.15, -0.1) is 0 Å². The average molecular weight is 427 g/mol. The van der Waals surface area contributed by atoms with Crippen molar-refractivity contribution in [2.75, 3.05) is 5.32 Å². The summed E-state index contributed by atoms with van der Waals surface area (Å²) in [6, 6.07) is 18.1. The molecule has 2 aromatic carbocycles. The predicted octanol–water partition coefficient (Wildman–Crippen LogP) is 4.38. The molecule has 118 valence electrons. The van der Waals surface area contributed by atoms with Crippen molar-refractivity contribution in [3.05, 3.63) is 64.4 Å². The van der Waals surface area contributed by atoms with Crippen LogP contribution in [0.2, 0.25) is 0 Å². The molecule has 1 N–H and O–H groups in total. The monoisotopic (exact) mass is 427 g/mol. The molecule has 4 aromatic rings. The molecule has 24 heavy (non-hydrogen) atoms. The van der Waals surface area contributed by atoms with Gasteiger partial charge in [0.2, 0.25) is 0 Å². The van der Waals surface area contributed by atoms with Crippen LogP contribution in [0.15, 0.2) is 60.8 Å². The molecule has 4 rings (SSSR count). The van der Waals surface area contributed by atoms with Crippen molar-refractivity contribution < 1.29 is 0 Å². The summed E-state index contributed by atoms with van der Waals surface area (Å²) in [6.07, 6.45) is 1.76. The van der Waals surface area contributed by atoms with Crippen LogP contribution in [0.3, 0.4) is 0 Å². The fourth-order valence-corrected chi connectivity index (χ4v) is 3.09. The van der Waals surface area contributed by atoms with E-state index < -0.39 is 0 Å². The number of nitrogens with one attached hydrogen (secondary N) is 1. The van der Waals surface area contributed by atoms with Crippen molar-refractivity contribution in [3.8, 4) is 11.4 Å². The summed E-state index contributed by atoms with van der Waals surface area (Å²) in [5.41, 5.74) is 1.91. The molecule has 0 aliphatic carbocycles. The second kappa shape index (κ2) is 6.20. The highest BCUT2D eigenvalue weighted by molar-refractivity contribution is 14.1. The lowest BCUT2D eigenvalue weighted by Crippen LogP contribution is -2.03. The first kappa shape index (κ1) is 15.1. The summed E-state index contributed by atoms with van der Waals surface area (Å²) in [5, 5.41) is 8.54. The number of anilines is 2. The Morgan fingerprint density at radius 2 is 1.88 bits per heavy atom. The molecule has 6 heteroatoms. The van der Waals surface area contributed by atoms with Crippen molar-refractivity contribution in [1.82, 2.24) is 19.7 Å². The number of halogens is 1. The number of nitrogens with zero attached hydrogens (tertiary/aromatic N) is 4. The van der Waals surface area contributed by atoms with E-state index in [1.54, 1.807) is 10.9 Å². The van der Waals surface area contributed by atoms with Gasteiger partial charge >= 0.3 is 0 Å². The highest BCUT2D eigenvalue weighted by atomic mass is 127. The van der Waals surface area contributed by atoms with Gasteiger partial charge in [-0.25, -0.2) is 9.97 Å². The summed E-state index contributed by atoms with van der Waals surface area (Å²) >= 11 is 2.30. The molecule has 0 atom stereocenters. The van der Waals surface area contributed by atoms with Crippen molar-refractivity contribution in [1.29, 1.82) is 0 Å². The van der Waals surface area contributed by atoms with E-state index in [-0.39, 0.29) is 0 Å². The molecule has 0 amide bonds. The van der Waals surface area contributed by atoms with Crippen molar-refractivity contribution in [2.24, 2.45) is 7.05 Å². The molecular weight excluding hydrogens is 413 g/mol. The normalized spacial score (nSPS) is 10.9. The first-order chi connectivity index (χ1) is 11.7. The maximum atomic E-state index is 4.76. The van der Waals surface area contributed by atoms with E-state index in [0.717, 1.165) is 31.7 Å². The quantitative estimate of drug-likeness (QED) is 0.494. The molecule has 0 unspecified atom stereocenters. The largest absolute Gasteiger partial charge is 0.325 e. The lowest BCUT2D eigenvalue weighted by molar-refractivity contribution is 0.776. The Balaban J connectivity index is 1.89. The third-order valence-electron chi connectivity index (χ3n) is 3.75. The molecule has 2 aromatic heterocycles. The topological polar surface area (TPSA) is 55.6 Å². The van der Waals surface area contributed by atoms with Gasteiger partial charge in [-0.2, -0.15) is 5.10 Å². The lowest BCUT2D eigenvalue weighted by Gasteiger charge is -2.11. The Kier molecular flexibility index (Phi) is 3.89. The third kappa shape index (κ3) is 2.84. The fraction of sp³-hybridized carbons (Fsp3) is 0.0556. The summed E-state index contributed by atoms with van der Waals surface area (Å²) in [6.45, 7) is 0. The Bertz CT molecular complexity index is 1020. The van der Waals surface area contributed by atoms with Gasteiger partial charge in [-0.05, 0) is 46.9 Å². The SMILES string of the molecule is Cn1nccc1Nc1nc(-c2cccc(I)c2)nc2ccccc12. The zero-order valence-corrected chi connectivity index (χ0v) is 15.1. The highest BCUT2D eigenvalue weighted by Crippen LogP contribution is 2.27. The minimum absolute atomic E-state index is 0.705. The number of aromatic nitrogens is 4. The average Bonchev–Trinajstić information content (AvgIpc) is 3.00. The number of hydrogen-bond donors (Lipinski definition) is 1. The summed E-state index contributed by atoms with van der Waals surface area (Å²) in [7, 11) is 1.90. The van der Waals surface area contributed by atoms with Gasteiger partial charge in [0.25, 0.3) is 0 Å². The number of fused-ring (bicyclic) bond motifs is 1. The molecule has 0 bridgehead atoms. The van der Waals surface area contributed by atoms with E-state index in [0.29, 0.717) is 5.82 Å². The van der Waals surface area contributed by atoms with Gasteiger partial charge in [-0.1, -0.05) is 24.3 Å². The second-order valence-corrected chi connectivity index (χ2v) is 6.63. The minimum atomic E-state index is 0.705. The smallest absolute Gasteiger partial charge is 0.162 e. The van der Waals surface area contributed by atoms with Crippen LogP contribution in [-0.4, -0.2) is 19.7 Å². The van der Waals surface area contributed by atoms with E-state index in [1.807, 2.05) is 49.5 Å². The number of hydrogen-bond acceptors (Lipinski definition) is 4. The van der Waals surface area contributed by atoms with Crippen LogP contribution < -0.4 is 5.32 Å². The van der Waals surface area contributed by atoms with Crippen molar-refractivity contribution >= 4 is 45.1 Å². The molecule has 0 spiro atoms. The van der Waals surface area contributed by atoms with Crippen LogP contribution >= 0.6 is 22.6 Å². The van der Waals surface area contributed by atoms with Crippen LogP contribution in [0.1, 0.15) is 0 Å². The minimum Gasteiger partial charge on any atom is -0.325 e. The van der Waals surface area contributed by atoms with E-state index in [9.17, 15) is 0 Å². The first-order valence-electron chi connectivity index (χ1n) is 7.48. The van der Waals surface area contributed by atoms with E-state index in [4.69, 9.17) is 9.97 Å². The zero-order valence-electron chi connectivity index (χ0n) is 12.9. The summed E-state index contributed by atoms with van der Waals surface area (Å²) in [5.74, 6) is 2.36.